The molecule has 2 aliphatic rings. The van der Waals surface area contributed by atoms with Gasteiger partial charge in [0.15, 0.2) is 5.96 Å². The molecule has 0 unspecified atom stereocenters. The van der Waals surface area contributed by atoms with Crippen LogP contribution in [-0.4, -0.2) is 72.8 Å². The molecule has 7 nitrogen and oxygen atoms in total. The average Bonchev–Trinajstić information content (AvgIpc) is 2.78. The van der Waals surface area contributed by atoms with Gasteiger partial charge < -0.3 is 20.3 Å². The van der Waals surface area contributed by atoms with Crippen molar-refractivity contribution in [1.82, 2.24) is 20.4 Å². The number of piperidine rings is 1. The normalized spacial score (nSPS) is 18.5. The second-order valence-corrected chi connectivity index (χ2v) is 9.05. The van der Waals surface area contributed by atoms with E-state index in [0.717, 1.165) is 51.4 Å². The van der Waals surface area contributed by atoms with Gasteiger partial charge in [-0.15, -0.1) is 0 Å². The number of hydrogen-bond acceptors (Lipinski definition) is 4. The fourth-order valence-corrected chi connectivity index (χ4v) is 4.32. The molecular formula is C24H39N5O2. The Balaban J connectivity index is 1.55. The first-order valence-corrected chi connectivity index (χ1v) is 11.7. The van der Waals surface area contributed by atoms with Gasteiger partial charge in [0.2, 0.25) is 0 Å². The highest BCUT2D eigenvalue weighted by molar-refractivity contribution is 5.80. The molecule has 172 valence electrons. The minimum atomic E-state index is -0.202. The molecule has 1 aromatic rings. The van der Waals surface area contributed by atoms with Crippen LogP contribution < -0.4 is 10.6 Å². The summed E-state index contributed by atoms with van der Waals surface area (Å²) in [6, 6.07) is 9.07. The number of aliphatic imine (C=N–C) groups is 1. The number of benzene rings is 1. The van der Waals surface area contributed by atoms with Gasteiger partial charge in [-0.25, -0.2) is 4.79 Å². The number of guanidine groups is 1. The number of nitrogens with zero attached hydrogens (tertiary/aromatic N) is 3. The number of likely N-dealkylation sites (tertiary alicyclic amines) is 1. The van der Waals surface area contributed by atoms with Gasteiger partial charge in [0.1, 0.15) is 0 Å². The van der Waals surface area contributed by atoms with Gasteiger partial charge in [-0.05, 0) is 58.1 Å². The van der Waals surface area contributed by atoms with Crippen LogP contribution in [0.1, 0.15) is 51.7 Å². The summed E-state index contributed by atoms with van der Waals surface area (Å²) in [6.07, 6.45) is 2.69. The predicted octanol–water partition coefficient (Wildman–Crippen LogP) is 3.00. The number of rotatable bonds is 6. The smallest absolute Gasteiger partial charge is 0.409 e. The lowest BCUT2D eigenvalue weighted by Gasteiger charge is -2.41. The summed E-state index contributed by atoms with van der Waals surface area (Å²) in [6.45, 7) is 14.0. The molecule has 0 spiro atoms. The Kier molecular flexibility index (Phi) is 8.18. The zero-order chi connectivity index (χ0) is 22.3. The Hall–Kier alpha value is -2.28. The molecule has 1 saturated heterocycles. The molecule has 1 fully saturated rings. The highest BCUT2D eigenvalue weighted by atomic mass is 16.6. The van der Waals surface area contributed by atoms with E-state index in [-0.39, 0.29) is 11.6 Å². The van der Waals surface area contributed by atoms with E-state index < -0.39 is 0 Å². The molecule has 0 aromatic heterocycles. The molecule has 0 radical (unpaired) electrons. The average molecular weight is 430 g/mol. The van der Waals surface area contributed by atoms with E-state index >= 15 is 0 Å². The van der Waals surface area contributed by atoms with Crippen LogP contribution >= 0.6 is 0 Å². The first kappa shape index (κ1) is 23.4. The van der Waals surface area contributed by atoms with Crippen LogP contribution in [0.15, 0.2) is 29.3 Å². The van der Waals surface area contributed by atoms with E-state index in [2.05, 4.69) is 60.6 Å². The number of fused-ring (bicyclic) bond motifs is 1. The van der Waals surface area contributed by atoms with E-state index in [0.29, 0.717) is 25.7 Å². The van der Waals surface area contributed by atoms with E-state index in [1.807, 2.05) is 6.92 Å². The summed E-state index contributed by atoms with van der Waals surface area (Å²) < 4.78 is 5.12. The minimum absolute atomic E-state index is 0.0246. The van der Waals surface area contributed by atoms with E-state index in [9.17, 15) is 4.79 Å². The summed E-state index contributed by atoms with van der Waals surface area (Å²) in [5.41, 5.74) is 2.88. The molecule has 1 amide bonds. The monoisotopic (exact) mass is 429 g/mol. The maximum atomic E-state index is 11.9. The van der Waals surface area contributed by atoms with Gasteiger partial charge in [-0.2, -0.15) is 0 Å². The van der Waals surface area contributed by atoms with Gasteiger partial charge in [0, 0.05) is 44.3 Å². The third-order valence-electron chi connectivity index (χ3n) is 6.32. The topological polar surface area (TPSA) is 69.2 Å². The van der Waals surface area contributed by atoms with Crippen LogP contribution in [0.5, 0.6) is 0 Å². The zero-order valence-corrected chi connectivity index (χ0v) is 19.6. The summed E-state index contributed by atoms with van der Waals surface area (Å²) in [5, 5.41) is 6.97. The molecular weight excluding hydrogens is 390 g/mol. The minimum Gasteiger partial charge on any atom is -0.450 e. The number of hydrogen-bond donors (Lipinski definition) is 2. The summed E-state index contributed by atoms with van der Waals surface area (Å²) in [7, 11) is 0. The van der Waals surface area contributed by atoms with Crippen molar-refractivity contribution in [2.45, 2.75) is 65.1 Å². The number of carbonyl (C=O) groups excluding carboxylic acids is 1. The van der Waals surface area contributed by atoms with Crippen molar-refractivity contribution in [3.05, 3.63) is 35.4 Å². The summed E-state index contributed by atoms with van der Waals surface area (Å²) in [4.78, 5) is 21.2. The molecule has 7 heteroatoms. The standard InChI is InChI=1S/C24H39N5O2/c1-5-25-22(27-21-12-14-28(15-13-21)23(30)31-6-2)26-18-24(3,4)29-16-11-19-9-7-8-10-20(19)17-29/h7-10,21H,5-6,11-18H2,1-4H3,(H2,25,26,27). The van der Waals surface area contributed by atoms with Crippen molar-refractivity contribution in [2.24, 2.45) is 4.99 Å². The second-order valence-electron chi connectivity index (χ2n) is 9.05. The molecule has 0 saturated carbocycles. The summed E-state index contributed by atoms with van der Waals surface area (Å²) >= 11 is 0. The third kappa shape index (κ3) is 6.35. The maximum absolute atomic E-state index is 11.9. The second kappa shape index (κ2) is 10.8. The lowest BCUT2D eigenvalue weighted by molar-refractivity contribution is 0.0962. The maximum Gasteiger partial charge on any atom is 0.409 e. The SMILES string of the molecule is CCNC(=NCC(C)(C)N1CCc2ccccc2C1)NC1CCN(C(=O)OCC)CC1. The summed E-state index contributed by atoms with van der Waals surface area (Å²) in [5.74, 6) is 0.863. The van der Waals surface area contributed by atoms with Crippen molar-refractivity contribution in [1.29, 1.82) is 0 Å². The van der Waals surface area contributed by atoms with E-state index in [4.69, 9.17) is 9.73 Å². The molecule has 2 aliphatic heterocycles. The van der Waals surface area contributed by atoms with Crippen LogP contribution in [0, 0.1) is 0 Å². The number of nitrogens with one attached hydrogen (secondary N) is 2. The number of ether oxygens (including phenoxy) is 1. The molecule has 0 atom stereocenters. The van der Waals surface area contributed by atoms with Crippen molar-refractivity contribution in [3.63, 3.8) is 0 Å². The Labute approximate surface area is 187 Å². The molecule has 0 bridgehead atoms. The Morgan fingerprint density at radius 1 is 1.16 bits per heavy atom. The molecule has 1 aromatic carbocycles. The van der Waals surface area contributed by atoms with Crippen molar-refractivity contribution < 1.29 is 9.53 Å². The Morgan fingerprint density at radius 3 is 2.55 bits per heavy atom. The van der Waals surface area contributed by atoms with Crippen LogP contribution in [0.3, 0.4) is 0 Å². The molecule has 3 rings (SSSR count). The predicted molar refractivity (Wildman–Crippen MR) is 125 cm³/mol. The molecule has 0 aliphatic carbocycles. The number of amides is 1. The highest BCUT2D eigenvalue weighted by Crippen LogP contribution is 2.25. The Morgan fingerprint density at radius 2 is 1.87 bits per heavy atom. The fourth-order valence-electron chi connectivity index (χ4n) is 4.32. The van der Waals surface area contributed by atoms with Crippen LogP contribution in [0.4, 0.5) is 4.79 Å². The first-order valence-electron chi connectivity index (χ1n) is 11.7. The quantitative estimate of drug-likeness (QED) is 0.537. The van der Waals surface area contributed by atoms with Crippen LogP contribution in [-0.2, 0) is 17.7 Å². The van der Waals surface area contributed by atoms with Crippen molar-refractivity contribution in [2.75, 3.05) is 39.3 Å². The van der Waals surface area contributed by atoms with E-state index in [1.54, 1.807) is 4.90 Å². The third-order valence-corrected chi connectivity index (χ3v) is 6.32. The molecule has 2 heterocycles. The van der Waals surface area contributed by atoms with Crippen molar-refractivity contribution >= 4 is 12.1 Å². The Bertz CT molecular complexity index is 756. The van der Waals surface area contributed by atoms with Gasteiger partial charge in [0.05, 0.1) is 13.2 Å². The van der Waals surface area contributed by atoms with Gasteiger partial charge in [0.25, 0.3) is 0 Å². The van der Waals surface area contributed by atoms with Crippen LogP contribution in [0.25, 0.3) is 0 Å². The highest BCUT2D eigenvalue weighted by Gasteiger charge is 2.30. The first-order chi connectivity index (χ1) is 14.9. The largest absolute Gasteiger partial charge is 0.450 e. The lowest BCUT2D eigenvalue weighted by atomic mass is 9.94. The fraction of sp³-hybridized carbons (Fsp3) is 0.667. The van der Waals surface area contributed by atoms with Crippen molar-refractivity contribution in [3.8, 4) is 0 Å². The number of carbonyl (C=O) groups is 1. The lowest BCUT2D eigenvalue weighted by Crippen LogP contribution is -2.51. The van der Waals surface area contributed by atoms with Gasteiger partial charge >= 0.3 is 6.09 Å². The molecule has 2 N–H and O–H groups in total. The van der Waals surface area contributed by atoms with E-state index in [1.165, 1.54) is 11.1 Å². The molecule has 31 heavy (non-hydrogen) atoms. The van der Waals surface area contributed by atoms with Gasteiger partial charge in [-0.1, -0.05) is 24.3 Å². The zero-order valence-electron chi connectivity index (χ0n) is 19.6. The van der Waals surface area contributed by atoms with Gasteiger partial charge in [-0.3, -0.25) is 9.89 Å². The van der Waals surface area contributed by atoms with Crippen LogP contribution in [0.2, 0.25) is 0 Å².